The highest BCUT2D eigenvalue weighted by molar-refractivity contribution is 6.03. The van der Waals surface area contributed by atoms with E-state index in [1.54, 1.807) is 0 Å². The van der Waals surface area contributed by atoms with Crippen LogP contribution < -0.4 is 4.90 Å². The number of anilines is 3. The summed E-state index contributed by atoms with van der Waals surface area (Å²) in [6, 6.07) is 76.4. The Balaban J connectivity index is 1.11. The fraction of sp³-hybridized carbons (Fsp3) is 0.130. The average Bonchev–Trinajstić information content (AvgIpc) is 3.99. The second-order valence-electron chi connectivity index (χ2n) is 20.7. The van der Waals surface area contributed by atoms with Crippen LogP contribution in [0.2, 0.25) is 0 Å². The zero-order valence-electron chi connectivity index (χ0n) is 40.3. The Kier molecular flexibility index (Phi) is 8.56. The van der Waals surface area contributed by atoms with Gasteiger partial charge in [-0.3, -0.25) is 0 Å². The lowest BCUT2D eigenvalue weighted by Crippen LogP contribution is -2.30. The molecule has 1 heteroatoms. The molecule has 5 aliphatic carbocycles. The van der Waals surface area contributed by atoms with E-state index in [-0.39, 0.29) is 5.41 Å². The predicted molar refractivity (Wildman–Crippen MR) is 290 cm³/mol. The molecule has 0 aliphatic heterocycles. The first kappa shape index (κ1) is 40.8. The standard InChI is InChI=1S/C69H51N/c1-43-39-45(3)65-55-29-20-34-63(66(55)69(62(65)40-43)58-32-19-15-28-54(58)64-44(2)21-12-16-33-59(64)69)70(48-35-37-52-50-26-13-17-30-56(50)67(4,5)60(52)41-48)49-36-38-53-51-27-14-18-31-57(51)68(61(53)42-49,46-22-8-6-9-23-46)47-24-10-7-11-25-47/h6-11,13-15,17-32,34-42H,33H2,1-5H3. The summed E-state index contributed by atoms with van der Waals surface area (Å²) in [7, 11) is 0. The van der Waals surface area contributed by atoms with Gasteiger partial charge in [0.05, 0.1) is 16.5 Å². The lowest BCUT2D eigenvalue weighted by molar-refractivity contribution is 0.660. The molecule has 14 rings (SSSR count). The van der Waals surface area contributed by atoms with Crippen LogP contribution in [0.15, 0.2) is 217 Å². The fourth-order valence-corrected chi connectivity index (χ4v) is 14.1. The lowest BCUT2D eigenvalue weighted by Gasteiger charge is -2.38. The van der Waals surface area contributed by atoms with E-state index in [0.717, 1.165) is 11.4 Å². The molecule has 1 atom stereocenters. The van der Waals surface area contributed by atoms with E-state index in [4.69, 9.17) is 0 Å². The van der Waals surface area contributed by atoms with Gasteiger partial charge >= 0.3 is 0 Å². The van der Waals surface area contributed by atoms with Gasteiger partial charge in [0.2, 0.25) is 0 Å². The van der Waals surface area contributed by atoms with Gasteiger partial charge < -0.3 is 4.90 Å². The van der Waals surface area contributed by atoms with E-state index in [2.05, 4.69) is 258 Å². The van der Waals surface area contributed by atoms with Crippen molar-refractivity contribution in [2.24, 2.45) is 0 Å². The quantitative estimate of drug-likeness (QED) is 0.156. The Hall–Kier alpha value is -8.18. The van der Waals surface area contributed by atoms with E-state index in [0.29, 0.717) is 6.42 Å². The van der Waals surface area contributed by atoms with Gasteiger partial charge in [-0.2, -0.15) is 0 Å². The molecule has 0 heterocycles. The van der Waals surface area contributed by atoms with Crippen LogP contribution in [0.4, 0.5) is 17.1 Å². The SMILES string of the molecule is CC1=CC#CCC2=C1c1ccccc1C21c2cc(C)cc(C)c2-c2cccc(N(c3ccc4c(c3)C(C)(C)c3ccccc3-4)c3ccc4c(c3)C(c3ccccc3)(c3ccccc3)c3ccccc3-4)c21. The minimum atomic E-state index is -0.590. The normalized spacial score (nSPS) is 17.5. The summed E-state index contributed by atoms with van der Waals surface area (Å²) in [6.07, 6.45) is 2.82. The third-order valence-electron chi connectivity index (χ3n) is 16.7. The van der Waals surface area contributed by atoms with Crippen molar-refractivity contribution < 1.29 is 0 Å². The first-order chi connectivity index (χ1) is 34.2. The van der Waals surface area contributed by atoms with Gasteiger partial charge in [0.25, 0.3) is 0 Å². The molecule has 9 aromatic rings. The third-order valence-corrected chi connectivity index (χ3v) is 16.7. The van der Waals surface area contributed by atoms with E-state index >= 15 is 0 Å². The molecule has 70 heavy (non-hydrogen) atoms. The molecule has 0 saturated heterocycles. The summed E-state index contributed by atoms with van der Waals surface area (Å²) in [5, 5.41) is 0. The van der Waals surface area contributed by atoms with Crippen molar-refractivity contribution in [3.63, 3.8) is 0 Å². The second kappa shape index (κ2) is 14.7. The van der Waals surface area contributed by atoms with E-state index in [1.807, 2.05) is 0 Å². The topological polar surface area (TPSA) is 3.24 Å². The zero-order chi connectivity index (χ0) is 47.1. The number of fused-ring (bicyclic) bond motifs is 15. The van der Waals surface area contributed by atoms with Crippen molar-refractivity contribution in [2.45, 2.75) is 57.3 Å². The summed E-state index contributed by atoms with van der Waals surface area (Å²) in [6.45, 7) is 11.6. The third kappa shape index (κ3) is 5.18. The molecule has 0 amide bonds. The molecule has 5 aliphatic rings. The van der Waals surface area contributed by atoms with Gasteiger partial charge in [0.15, 0.2) is 0 Å². The summed E-state index contributed by atoms with van der Waals surface area (Å²) in [5.41, 5.74) is 29.6. The van der Waals surface area contributed by atoms with Crippen LogP contribution >= 0.6 is 0 Å². The molecule has 9 aromatic carbocycles. The van der Waals surface area contributed by atoms with Gasteiger partial charge in [0, 0.05) is 28.8 Å². The Bertz CT molecular complexity index is 3830. The van der Waals surface area contributed by atoms with Crippen LogP contribution in [0, 0.1) is 25.7 Å². The maximum Gasteiger partial charge on any atom is 0.0718 e. The van der Waals surface area contributed by atoms with E-state index < -0.39 is 10.8 Å². The molecule has 0 fully saturated rings. The van der Waals surface area contributed by atoms with Gasteiger partial charge in [-0.15, -0.1) is 0 Å². The van der Waals surface area contributed by atoms with Crippen LogP contribution in [0.1, 0.15) is 94.0 Å². The Labute approximate surface area is 412 Å². The Morgan fingerprint density at radius 1 is 0.443 bits per heavy atom. The number of rotatable bonds is 5. The molecule has 0 saturated carbocycles. The molecule has 1 nitrogen and oxygen atoms in total. The number of aryl methyl sites for hydroxylation is 2. The van der Waals surface area contributed by atoms with Crippen LogP contribution in [-0.4, -0.2) is 0 Å². The zero-order valence-corrected chi connectivity index (χ0v) is 40.3. The molecule has 0 bridgehead atoms. The first-order valence-corrected chi connectivity index (χ1v) is 24.9. The average molecular weight is 894 g/mol. The van der Waals surface area contributed by atoms with Gasteiger partial charge in [0.1, 0.15) is 0 Å². The maximum absolute atomic E-state index is 3.66. The van der Waals surface area contributed by atoms with E-state index in [1.165, 1.54) is 123 Å². The molecular weight excluding hydrogens is 843 g/mol. The van der Waals surface area contributed by atoms with Crippen molar-refractivity contribution in [2.75, 3.05) is 4.90 Å². The summed E-state index contributed by atoms with van der Waals surface area (Å²) < 4.78 is 0. The molecule has 0 radical (unpaired) electrons. The number of hydrogen-bond donors (Lipinski definition) is 0. The van der Waals surface area contributed by atoms with Crippen LogP contribution in [0.25, 0.3) is 39.0 Å². The van der Waals surface area contributed by atoms with Crippen molar-refractivity contribution in [3.05, 3.63) is 284 Å². The molecule has 1 unspecified atom stereocenters. The van der Waals surface area contributed by atoms with Crippen molar-refractivity contribution in [3.8, 4) is 45.2 Å². The van der Waals surface area contributed by atoms with Crippen LogP contribution in [0.5, 0.6) is 0 Å². The van der Waals surface area contributed by atoms with E-state index in [9.17, 15) is 0 Å². The molecule has 332 valence electrons. The Morgan fingerprint density at radius 2 is 0.986 bits per heavy atom. The molecule has 0 aromatic heterocycles. The van der Waals surface area contributed by atoms with Crippen LogP contribution in [-0.2, 0) is 16.2 Å². The van der Waals surface area contributed by atoms with Crippen LogP contribution in [0.3, 0.4) is 0 Å². The number of allylic oxidation sites excluding steroid dienone is 4. The highest BCUT2D eigenvalue weighted by Crippen LogP contribution is 2.67. The number of hydrogen-bond acceptors (Lipinski definition) is 1. The van der Waals surface area contributed by atoms with Gasteiger partial charge in [-0.25, -0.2) is 0 Å². The minimum absolute atomic E-state index is 0.194. The summed E-state index contributed by atoms with van der Waals surface area (Å²) >= 11 is 0. The van der Waals surface area contributed by atoms with Gasteiger partial charge in [-0.1, -0.05) is 201 Å². The maximum atomic E-state index is 3.66. The minimum Gasteiger partial charge on any atom is -0.310 e. The first-order valence-electron chi connectivity index (χ1n) is 24.9. The summed E-state index contributed by atoms with van der Waals surface area (Å²) in [4.78, 5) is 2.63. The molecule has 1 spiro atoms. The number of benzene rings is 9. The monoisotopic (exact) mass is 893 g/mol. The fourth-order valence-electron chi connectivity index (χ4n) is 14.1. The summed E-state index contributed by atoms with van der Waals surface area (Å²) in [5.74, 6) is 7.13. The van der Waals surface area contributed by atoms with Crippen molar-refractivity contribution in [1.82, 2.24) is 0 Å². The lowest BCUT2D eigenvalue weighted by atomic mass is 9.67. The van der Waals surface area contributed by atoms with Crippen molar-refractivity contribution >= 4 is 22.6 Å². The molecular formula is C69H51N. The highest BCUT2D eigenvalue weighted by Gasteiger charge is 2.55. The highest BCUT2D eigenvalue weighted by atomic mass is 15.1. The largest absolute Gasteiger partial charge is 0.310 e. The smallest absolute Gasteiger partial charge is 0.0718 e. The Morgan fingerprint density at radius 3 is 1.67 bits per heavy atom. The van der Waals surface area contributed by atoms with Gasteiger partial charge in [-0.05, 0) is 163 Å². The second-order valence-corrected chi connectivity index (χ2v) is 20.7. The number of nitrogens with zero attached hydrogens (tertiary/aromatic N) is 1. The molecule has 0 N–H and O–H groups in total. The predicted octanol–water partition coefficient (Wildman–Crippen LogP) is 16.9. The van der Waals surface area contributed by atoms with Crippen molar-refractivity contribution in [1.29, 1.82) is 0 Å².